The van der Waals surface area contributed by atoms with E-state index in [1.54, 1.807) is 0 Å². The standard InChI is InChI=1S/C19H29N3O2/c20-19(21-11-5-12-23-14-16-8-4-13-24-16)22-18-10-3-7-15-6-1-2-9-17(15)18/h3,7,10,16H,1-2,4-6,8-9,11-14H2,(H3,20,21,22). The summed E-state index contributed by atoms with van der Waals surface area (Å²) in [5.41, 5.74) is 10.00. The Hall–Kier alpha value is -1.59. The van der Waals surface area contributed by atoms with Gasteiger partial charge in [-0.15, -0.1) is 0 Å². The fourth-order valence-corrected chi connectivity index (χ4v) is 3.43. The second kappa shape index (κ2) is 9.04. The molecule has 1 saturated heterocycles. The summed E-state index contributed by atoms with van der Waals surface area (Å²) < 4.78 is 11.2. The minimum Gasteiger partial charge on any atom is -0.379 e. The second-order valence-electron chi connectivity index (χ2n) is 6.61. The van der Waals surface area contributed by atoms with Crippen molar-refractivity contribution < 1.29 is 9.47 Å². The second-order valence-corrected chi connectivity index (χ2v) is 6.61. The lowest BCUT2D eigenvalue weighted by atomic mass is 9.90. The molecule has 1 heterocycles. The maximum Gasteiger partial charge on any atom is 0.193 e. The molecule has 0 radical (unpaired) electrons. The van der Waals surface area contributed by atoms with Gasteiger partial charge < -0.3 is 20.5 Å². The van der Waals surface area contributed by atoms with Crippen LogP contribution in [0.15, 0.2) is 23.2 Å². The molecule has 1 aromatic rings. The Bertz CT molecular complexity index is 554. The molecule has 132 valence electrons. The summed E-state index contributed by atoms with van der Waals surface area (Å²) >= 11 is 0. The number of hydrogen-bond donors (Lipinski definition) is 2. The van der Waals surface area contributed by atoms with E-state index in [0.29, 0.717) is 31.8 Å². The molecule has 1 aliphatic heterocycles. The van der Waals surface area contributed by atoms with E-state index >= 15 is 0 Å². The summed E-state index contributed by atoms with van der Waals surface area (Å²) in [5.74, 6) is 0.494. The zero-order valence-electron chi connectivity index (χ0n) is 14.4. The largest absolute Gasteiger partial charge is 0.379 e. The quantitative estimate of drug-likeness (QED) is 0.458. The first-order valence-electron chi connectivity index (χ1n) is 9.20. The molecule has 0 saturated carbocycles. The zero-order valence-corrected chi connectivity index (χ0v) is 14.4. The summed E-state index contributed by atoms with van der Waals surface area (Å²) in [5, 5.41) is 3.27. The zero-order chi connectivity index (χ0) is 16.6. The molecule has 0 amide bonds. The van der Waals surface area contributed by atoms with Gasteiger partial charge in [-0.1, -0.05) is 12.1 Å². The fraction of sp³-hybridized carbons (Fsp3) is 0.632. The fourth-order valence-electron chi connectivity index (χ4n) is 3.43. The van der Waals surface area contributed by atoms with E-state index in [-0.39, 0.29) is 0 Å². The van der Waals surface area contributed by atoms with Gasteiger partial charge in [-0.2, -0.15) is 0 Å². The van der Waals surface area contributed by atoms with Crippen LogP contribution >= 0.6 is 0 Å². The predicted octanol–water partition coefficient (Wildman–Crippen LogP) is 2.88. The van der Waals surface area contributed by atoms with Crippen LogP contribution in [0.25, 0.3) is 0 Å². The minimum absolute atomic E-state index is 0.296. The molecule has 1 atom stereocenters. The third-order valence-electron chi connectivity index (χ3n) is 4.72. The molecule has 5 heteroatoms. The van der Waals surface area contributed by atoms with E-state index in [4.69, 9.17) is 15.2 Å². The summed E-state index contributed by atoms with van der Waals surface area (Å²) in [6.07, 6.45) is 8.29. The van der Waals surface area contributed by atoms with Gasteiger partial charge in [-0.05, 0) is 62.1 Å². The highest BCUT2D eigenvalue weighted by Crippen LogP contribution is 2.27. The number of aliphatic imine (C=N–C) groups is 1. The number of ether oxygens (including phenoxy) is 2. The van der Waals surface area contributed by atoms with Crippen LogP contribution in [-0.2, 0) is 22.3 Å². The maximum atomic E-state index is 6.03. The van der Waals surface area contributed by atoms with Crippen LogP contribution in [0.3, 0.4) is 0 Å². The highest BCUT2D eigenvalue weighted by Gasteiger charge is 2.15. The highest BCUT2D eigenvalue weighted by molar-refractivity contribution is 5.93. The average Bonchev–Trinajstić information content (AvgIpc) is 3.12. The van der Waals surface area contributed by atoms with Crippen LogP contribution in [0.1, 0.15) is 43.2 Å². The van der Waals surface area contributed by atoms with Crippen LogP contribution in [0, 0.1) is 0 Å². The third kappa shape index (κ3) is 4.95. The lowest BCUT2D eigenvalue weighted by Gasteiger charge is -2.19. The number of guanidine groups is 1. The van der Waals surface area contributed by atoms with E-state index in [1.807, 2.05) is 0 Å². The Morgan fingerprint density at radius 1 is 1.29 bits per heavy atom. The SMILES string of the molecule is NC(=NCCCOCC1CCCO1)Nc1cccc2c1CCCC2. The summed E-state index contributed by atoms with van der Waals surface area (Å²) in [7, 11) is 0. The lowest BCUT2D eigenvalue weighted by molar-refractivity contribution is 0.0171. The first-order valence-corrected chi connectivity index (χ1v) is 9.20. The van der Waals surface area contributed by atoms with Crippen molar-refractivity contribution in [3.8, 4) is 0 Å². The normalized spacial score (nSPS) is 20.8. The first kappa shape index (κ1) is 17.2. The molecule has 1 aromatic carbocycles. The van der Waals surface area contributed by atoms with Crippen molar-refractivity contribution >= 4 is 11.6 Å². The number of nitrogens with two attached hydrogens (primary N) is 1. The number of fused-ring (bicyclic) bond motifs is 1. The van der Waals surface area contributed by atoms with E-state index in [0.717, 1.165) is 38.0 Å². The Kier molecular flexibility index (Phi) is 6.49. The van der Waals surface area contributed by atoms with Crippen molar-refractivity contribution in [3.63, 3.8) is 0 Å². The van der Waals surface area contributed by atoms with Crippen LogP contribution < -0.4 is 11.1 Å². The molecular formula is C19H29N3O2. The van der Waals surface area contributed by atoms with E-state index in [1.165, 1.54) is 30.4 Å². The van der Waals surface area contributed by atoms with Crippen LogP contribution in [0.2, 0.25) is 0 Å². The number of nitrogens with zero attached hydrogens (tertiary/aromatic N) is 1. The number of hydrogen-bond acceptors (Lipinski definition) is 3. The topological polar surface area (TPSA) is 68.9 Å². The summed E-state index contributed by atoms with van der Waals surface area (Å²) in [4.78, 5) is 4.41. The lowest BCUT2D eigenvalue weighted by Crippen LogP contribution is -2.24. The number of aryl methyl sites for hydroxylation is 1. The van der Waals surface area contributed by atoms with Gasteiger partial charge in [0.05, 0.1) is 12.7 Å². The van der Waals surface area contributed by atoms with Crippen LogP contribution in [0.4, 0.5) is 5.69 Å². The van der Waals surface area contributed by atoms with Gasteiger partial charge in [0.1, 0.15) is 0 Å². The maximum absolute atomic E-state index is 6.03. The van der Waals surface area contributed by atoms with E-state index < -0.39 is 0 Å². The summed E-state index contributed by atoms with van der Waals surface area (Å²) in [6.45, 7) is 2.97. The monoisotopic (exact) mass is 331 g/mol. The van der Waals surface area contributed by atoms with E-state index in [9.17, 15) is 0 Å². The highest BCUT2D eigenvalue weighted by atomic mass is 16.5. The molecule has 3 rings (SSSR count). The van der Waals surface area contributed by atoms with Gasteiger partial charge in [0.2, 0.25) is 0 Å². The van der Waals surface area contributed by atoms with Crippen LogP contribution in [0.5, 0.6) is 0 Å². The molecule has 3 N–H and O–H groups in total. The molecule has 0 spiro atoms. The van der Waals surface area contributed by atoms with Gasteiger partial charge in [0, 0.05) is 25.4 Å². The Morgan fingerprint density at radius 2 is 2.21 bits per heavy atom. The van der Waals surface area contributed by atoms with Crippen molar-refractivity contribution in [2.45, 2.75) is 51.0 Å². The molecule has 1 fully saturated rings. The van der Waals surface area contributed by atoms with Crippen molar-refractivity contribution in [2.75, 3.05) is 31.7 Å². The number of nitrogens with one attached hydrogen (secondary N) is 1. The molecular weight excluding hydrogens is 302 g/mol. The Balaban J connectivity index is 1.38. The van der Waals surface area contributed by atoms with Gasteiger partial charge >= 0.3 is 0 Å². The van der Waals surface area contributed by atoms with Crippen molar-refractivity contribution in [2.24, 2.45) is 10.7 Å². The number of anilines is 1. The van der Waals surface area contributed by atoms with Crippen LogP contribution in [-0.4, -0.2) is 38.4 Å². The predicted molar refractivity (Wildman–Crippen MR) is 97.6 cm³/mol. The minimum atomic E-state index is 0.296. The molecule has 0 bridgehead atoms. The van der Waals surface area contributed by atoms with Gasteiger partial charge in [-0.25, -0.2) is 0 Å². The number of benzene rings is 1. The molecule has 2 aliphatic rings. The van der Waals surface area contributed by atoms with Gasteiger partial charge in [-0.3, -0.25) is 4.99 Å². The number of rotatable bonds is 7. The molecule has 5 nitrogen and oxygen atoms in total. The van der Waals surface area contributed by atoms with Gasteiger partial charge in [0.25, 0.3) is 0 Å². The van der Waals surface area contributed by atoms with Gasteiger partial charge in [0.15, 0.2) is 5.96 Å². The smallest absolute Gasteiger partial charge is 0.193 e. The van der Waals surface area contributed by atoms with E-state index in [2.05, 4.69) is 28.5 Å². The van der Waals surface area contributed by atoms with Crippen molar-refractivity contribution in [3.05, 3.63) is 29.3 Å². The molecule has 24 heavy (non-hydrogen) atoms. The Morgan fingerprint density at radius 3 is 3.08 bits per heavy atom. The summed E-state index contributed by atoms with van der Waals surface area (Å²) in [6, 6.07) is 6.41. The molecule has 0 aromatic heterocycles. The third-order valence-corrected chi connectivity index (χ3v) is 4.72. The first-order chi connectivity index (χ1) is 11.8. The van der Waals surface area contributed by atoms with Crippen molar-refractivity contribution in [1.82, 2.24) is 0 Å². The average molecular weight is 331 g/mol. The van der Waals surface area contributed by atoms with Crippen molar-refractivity contribution in [1.29, 1.82) is 0 Å². The Labute approximate surface area is 144 Å². The molecule has 1 unspecified atom stereocenters. The molecule has 1 aliphatic carbocycles.